The fourth-order valence-corrected chi connectivity index (χ4v) is 4.19. The highest BCUT2D eigenvalue weighted by Gasteiger charge is 1.99. The van der Waals surface area contributed by atoms with Gasteiger partial charge in [0.1, 0.15) is 11.5 Å². The van der Waals surface area contributed by atoms with E-state index in [1.165, 1.54) is 52.6 Å². The average molecular weight is 605 g/mol. The highest BCUT2D eigenvalue weighted by Crippen LogP contribution is 2.26. The molecule has 4 heteroatoms. The van der Waals surface area contributed by atoms with Gasteiger partial charge >= 0.3 is 0 Å². The van der Waals surface area contributed by atoms with Gasteiger partial charge in [-0.25, -0.2) is 0 Å². The molecule has 0 fully saturated rings. The van der Waals surface area contributed by atoms with Crippen LogP contribution in [0.2, 0.25) is 0 Å². The topological polar surface area (TPSA) is 80.9 Å². The summed E-state index contributed by atoms with van der Waals surface area (Å²) in [5.74, 6) is -0.426. The summed E-state index contributed by atoms with van der Waals surface area (Å²) >= 11 is 0. The molecule has 6 aromatic carbocycles. The summed E-state index contributed by atoms with van der Waals surface area (Å²) in [7, 11) is 0. The Morgan fingerprint density at radius 1 is 0.261 bits per heavy atom. The zero-order valence-electron chi connectivity index (χ0n) is 25.3. The van der Waals surface area contributed by atoms with Crippen LogP contribution in [0.1, 0.15) is 33.4 Å². The quantitative estimate of drug-likeness (QED) is 0.113. The van der Waals surface area contributed by atoms with Gasteiger partial charge in [0.2, 0.25) is 0 Å². The van der Waals surface area contributed by atoms with E-state index in [1.54, 1.807) is 18.2 Å². The maximum absolute atomic E-state index is 9.32. The van der Waals surface area contributed by atoms with Gasteiger partial charge in [0.25, 0.3) is 0 Å². The minimum Gasteiger partial charge on any atom is -0.508 e. The molecule has 0 unspecified atom stereocenters. The normalized spacial score (nSPS) is 10.7. The van der Waals surface area contributed by atoms with Gasteiger partial charge in [0.05, 0.1) is 0 Å². The van der Waals surface area contributed by atoms with E-state index in [9.17, 15) is 15.3 Å². The third-order valence-electron chi connectivity index (χ3n) is 6.53. The fourth-order valence-electron chi connectivity index (χ4n) is 4.19. The fraction of sp³-hybridized carbons (Fsp3) is 0. The van der Waals surface area contributed by atoms with Crippen molar-refractivity contribution in [3.63, 3.8) is 0 Å². The molecule has 0 radical (unpaired) electrons. The lowest BCUT2D eigenvalue weighted by Crippen LogP contribution is -1.75. The molecule has 0 atom stereocenters. The largest absolute Gasteiger partial charge is 0.508 e. The maximum Gasteiger partial charge on any atom is 0.157 e. The Labute approximate surface area is 270 Å². The first-order valence-electron chi connectivity index (χ1n) is 14.7. The lowest BCUT2D eigenvalue weighted by Gasteiger charge is -2.00. The third kappa shape index (κ3) is 11.8. The maximum atomic E-state index is 9.32. The van der Waals surface area contributed by atoms with Crippen LogP contribution < -0.4 is 0 Å². The van der Waals surface area contributed by atoms with E-state index in [4.69, 9.17) is 5.11 Å². The number of benzene rings is 6. The first kappa shape index (κ1) is 32.6. The lowest BCUT2D eigenvalue weighted by molar-refractivity contribution is 0.403. The molecule has 0 heterocycles. The van der Waals surface area contributed by atoms with E-state index in [2.05, 4.69) is 72.8 Å². The third-order valence-corrected chi connectivity index (χ3v) is 6.53. The average Bonchev–Trinajstić information content (AvgIpc) is 3.09. The molecule has 6 rings (SSSR count). The van der Waals surface area contributed by atoms with Crippen molar-refractivity contribution >= 4 is 36.5 Å². The Morgan fingerprint density at radius 2 is 0.587 bits per heavy atom. The van der Waals surface area contributed by atoms with Crippen LogP contribution in [0.4, 0.5) is 0 Å². The van der Waals surface area contributed by atoms with Crippen molar-refractivity contribution in [1.82, 2.24) is 0 Å². The summed E-state index contributed by atoms with van der Waals surface area (Å²) in [6.45, 7) is 0. The van der Waals surface area contributed by atoms with Gasteiger partial charge in [-0.1, -0.05) is 164 Å². The van der Waals surface area contributed by atoms with E-state index < -0.39 is 0 Å². The molecule has 0 spiro atoms. The molecule has 0 aromatic heterocycles. The molecule has 0 amide bonds. The Kier molecular flexibility index (Phi) is 12.6. The molecule has 0 aliphatic heterocycles. The van der Waals surface area contributed by atoms with E-state index in [0.29, 0.717) is 11.1 Å². The van der Waals surface area contributed by atoms with Crippen LogP contribution in [0.3, 0.4) is 0 Å². The predicted molar refractivity (Wildman–Crippen MR) is 192 cm³/mol. The highest BCUT2D eigenvalue weighted by molar-refractivity contribution is 5.72. The smallest absolute Gasteiger partial charge is 0.157 e. The predicted octanol–water partition coefficient (Wildman–Crippen LogP) is 10.4. The van der Waals surface area contributed by atoms with Crippen molar-refractivity contribution < 1.29 is 20.4 Å². The Morgan fingerprint density at radius 3 is 0.935 bits per heavy atom. The Bertz CT molecular complexity index is 1660. The second kappa shape index (κ2) is 17.8. The zero-order chi connectivity index (χ0) is 32.4. The number of aromatic hydroxyl groups is 4. The molecule has 6 aromatic rings. The summed E-state index contributed by atoms with van der Waals surface area (Å²) in [6, 6.07) is 49.9. The molecule has 0 saturated carbocycles. The summed E-state index contributed by atoms with van der Waals surface area (Å²) in [6.07, 6.45) is 11.8. The number of rotatable bonds is 6. The second-order valence-electron chi connectivity index (χ2n) is 10.2. The van der Waals surface area contributed by atoms with Gasteiger partial charge < -0.3 is 20.4 Å². The summed E-state index contributed by atoms with van der Waals surface area (Å²) in [4.78, 5) is 0. The van der Waals surface area contributed by atoms with Crippen molar-refractivity contribution in [3.05, 3.63) is 191 Å². The molecule has 0 saturated heterocycles. The summed E-state index contributed by atoms with van der Waals surface area (Å²) in [5.41, 5.74) is 6.24. The number of phenolic OH excluding ortho intramolecular Hbond substituents is 4. The van der Waals surface area contributed by atoms with Crippen molar-refractivity contribution in [1.29, 1.82) is 0 Å². The monoisotopic (exact) mass is 604 g/mol. The van der Waals surface area contributed by atoms with Crippen molar-refractivity contribution in [2.75, 3.05) is 0 Å². The van der Waals surface area contributed by atoms with Gasteiger partial charge in [-0.2, -0.15) is 0 Å². The number of hydrogen-bond acceptors (Lipinski definition) is 4. The SMILES string of the molecule is C(=C/c1ccccc1)/c1ccccc1.C(=C\c1ccccc1)/c1ccccc1.Oc1cc(O)cc(/C=C/c2ccc(O)c(O)c2)c1. The first-order chi connectivity index (χ1) is 22.4. The summed E-state index contributed by atoms with van der Waals surface area (Å²) < 4.78 is 0. The van der Waals surface area contributed by atoms with Gasteiger partial charge in [-0.15, -0.1) is 0 Å². The summed E-state index contributed by atoms with van der Waals surface area (Å²) in [5, 5.41) is 37.1. The standard InChI is InChI=1S/C14H12O4.2C14H12/c15-11-5-10(6-12(16)8-11)2-1-9-3-4-13(17)14(18)7-9;2*1-3-7-13(8-4-1)11-12-14-9-5-2-6-10-14/h1-8,15-18H;2*1-12H/b2-1+;12-11+;12-11-. The van der Waals surface area contributed by atoms with Gasteiger partial charge in [0.15, 0.2) is 11.5 Å². The molecule has 46 heavy (non-hydrogen) atoms. The molecule has 4 N–H and O–H groups in total. The van der Waals surface area contributed by atoms with Crippen LogP contribution in [-0.2, 0) is 0 Å². The minimum atomic E-state index is -0.198. The van der Waals surface area contributed by atoms with Gasteiger partial charge in [-0.05, 0) is 57.6 Å². The number of phenols is 4. The lowest BCUT2D eigenvalue weighted by atomic mass is 10.1. The minimum absolute atomic E-state index is 0.0248. The van der Waals surface area contributed by atoms with Crippen LogP contribution >= 0.6 is 0 Å². The molecule has 0 bridgehead atoms. The van der Waals surface area contributed by atoms with Gasteiger partial charge in [0, 0.05) is 6.07 Å². The molecule has 228 valence electrons. The molecule has 0 aliphatic rings. The van der Waals surface area contributed by atoms with Crippen LogP contribution in [-0.4, -0.2) is 20.4 Å². The van der Waals surface area contributed by atoms with Crippen molar-refractivity contribution in [2.45, 2.75) is 0 Å². The van der Waals surface area contributed by atoms with Crippen LogP contribution in [0.5, 0.6) is 23.0 Å². The van der Waals surface area contributed by atoms with E-state index in [1.807, 2.05) is 72.8 Å². The van der Waals surface area contributed by atoms with Crippen LogP contribution in [0.15, 0.2) is 158 Å². The zero-order valence-corrected chi connectivity index (χ0v) is 25.3. The molecular formula is C42H36O4. The molecular weight excluding hydrogens is 568 g/mol. The van der Waals surface area contributed by atoms with E-state index >= 15 is 0 Å². The van der Waals surface area contributed by atoms with E-state index in [-0.39, 0.29) is 23.0 Å². The Balaban J connectivity index is 0.000000158. The molecule has 4 nitrogen and oxygen atoms in total. The van der Waals surface area contributed by atoms with Crippen molar-refractivity contribution in [3.8, 4) is 23.0 Å². The van der Waals surface area contributed by atoms with E-state index in [0.717, 1.165) is 0 Å². The number of hydrogen-bond donors (Lipinski definition) is 4. The highest BCUT2D eigenvalue weighted by atomic mass is 16.3. The Hall–Kier alpha value is -6.26. The van der Waals surface area contributed by atoms with Crippen LogP contribution in [0, 0.1) is 0 Å². The van der Waals surface area contributed by atoms with Crippen molar-refractivity contribution in [2.24, 2.45) is 0 Å². The molecule has 0 aliphatic carbocycles. The van der Waals surface area contributed by atoms with Gasteiger partial charge in [-0.3, -0.25) is 0 Å². The second-order valence-corrected chi connectivity index (χ2v) is 10.2. The first-order valence-corrected chi connectivity index (χ1v) is 14.7. The van der Waals surface area contributed by atoms with Crippen LogP contribution in [0.25, 0.3) is 36.5 Å².